The maximum atomic E-state index is 4.59. The average Bonchev–Trinajstić information content (AvgIpc) is 2.39. The molecule has 0 radical (unpaired) electrons. The number of nitrogens with one attached hydrogen (secondary N) is 1. The minimum Gasteiger partial charge on any atom is -0.373 e. The van der Waals surface area contributed by atoms with Crippen molar-refractivity contribution in [1.82, 2.24) is 9.97 Å². The van der Waals surface area contributed by atoms with E-state index in [0.717, 1.165) is 28.7 Å². The van der Waals surface area contributed by atoms with E-state index in [9.17, 15) is 0 Å². The molecule has 1 aromatic heterocycles. The molecular formula is C16H22N4. The van der Waals surface area contributed by atoms with Gasteiger partial charge in [0.25, 0.3) is 0 Å². The minimum atomic E-state index is 0.770. The molecule has 2 rings (SSSR count). The molecule has 0 saturated carbocycles. The summed E-state index contributed by atoms with van der Waals surface area (Å²) in [5.41, 5.74) is 4.71. The van der Waals surface area contributed by atoms with E-state index in [4.69, 9.17) is 0 Å². The zero-order valence-electron chi connectivity index (χ0n) is 13.1. The lowest BCUT2D eigenvalue weighted by molar-refractivity contribution is 0.992. The molecular weight excluding hydrogens is 248 g/mol. The van der Waals surface area contributed by atoms with E-state index in [1.165, 1.54) is 11.1 Å². The summed E-state index contributed by atoms with van der Waals surface area (Å²) in [6, 6.07) is 6.51. The highest BCUT2D eigenvalue weighted by Gasteiger charge is 2.14. The van der Waals surface area contributed by atoms with Gasteiger partial charge in [-0.3, -0.25) is 0 Å². The first-order chi connectivity index (χ1) is 9.42. The van der Waals surface area contributed by atoms with E-state index in [1.54, 1.807) is 0 Å². The summed E-state index contributed by atoms with van der Waals surface area (Å²) >= 11 is 0. The SMILES string of the molecule is CNc1nc(C)nc(N(C)c2cc(C)cc(C)c2)c1C. The van der Waals surface area contributed by atoms with E-state index in [1.807, 2.05) is 27.9 Å². The van der Waals surface area contributed by atoms with Crippen LogP contribution in [0.3, 0.4) is 0 Å². The molecule has 2 aromatic rings. The Kier molecular flexibility index (Phi) is 3.93. The summed E-state index contributed by atoms with van der Waals surface area (Å²) in [5, 5.41) is 3.13. The molecule has 0 spiro atoms. The number of rotatable bonds is 3. The predicted molar refractivity (Wildman–Crippen MR) is 85.0 cm³/mol. The Balaban J connectivity index is 2.52. The van der Waals surface area contributed by atoms with Crippen LogP contribution in [0.25, 0.3) is 0 Å². The Morgan fingerprint density at radius 3 is 2.10 bits per heavy atom. The molecule has 4 heteroatoms. The number of anilines is 3. The molecule has 0 unspecified atom stereocenters. The molecule has 0 aliphatic rings. The fourth-order valence-corrected chi connectivity index (χ4v) is 2.45. The molecule has 0 bridgehead atoms. The first-order valence-corrected chi connectivity index (χ1v) is 6.77. The highest BCUT2D eigenvalue weighted by atomic mass is 15.2. The zero-order chi connectivity index (χ0) is 14.9. The van der Waals surface area contributed by atoms with E-state index < -0.39 is 0 Å². The number of hydrogen-bond acceptors (Lipinski definition) is 4. The lowest BCUT2D eigenvalue weighted by Crippen LogP contribution is -2.15. The number of benzene rings is 1. The third-order valence-corrected chi connectivity index (χ3v) is 3.38. The third kappa shape index (κ3) is 2.74. The first-order valence-electron chi connectivity index (χ1n) is 6.77. The lowest BCUT2D eigenvalue weighted by atomic mass is 10.1. The molecule has 0 fully saturated rings. The number of aryl methyl sites for hydroxylation is 3. The van der Waals surface area contributed by atoms with Crippen molar-refractivity contribution in [3.05, 3.63) is 40.7 Å². The van der Waals surface area contributed by atoms with Crippen molar-refractivity contribution in [2.45, 2.75) is 27.7 Å². The topological polar surface area (TPSA) is 41.1 Å². The molecule has 4 nitrogen and oxygen atoms in total. The van der Waals surface area contributed by atoms with Gasteiger partial charge in [-0.25, -0.2) is 9.97 Å². The summed E-state index contributed by atoms with van der Waals surface area (Å²) in [7, 11) is 3.93. The number of aromatic nitrogens is 2. The molecule has 106 valence electrons. The van der Waals surface area contributed by atoms with Crippen LogP contribution in [0, 0.1) is 27.7 Å². The molecule has 0 amide bonds. The monoisotopic (exact) mass is 270 g/mol. The Labute approximate surface area is 120 Å². The van der Waals surface area contributed by atoms with Crippen molar-refractivity contribution in [3.63, 3.8) is 0 Å². The molecule has 1 heterocycles. The molecule has 0 aliphatic carbocycles. The van der Waals surface area contributed by atoms with Crippen LogP contribution in [0.2, 0.25) is 0 Å². The first kappa shape index (κ1) is 14.3. The molecule has 1 aromatic carbocycles. The normalized spacial score (nSPS) is 10.5. The summed E-state index contributed by atoms with van der Waals surface area (Å²) < 4.78 is 0. The maximum Gasteiger partial charge on any atom is 0.141 e. The number of nitrogens with zero attached hydrogens (tertiary/aromatic N) is 3. The third-order valence-electron chi connectivity index (χ3n) is 3.38. The van der Waals surface area contributed by atoms with Gasteiger partial charge in [-0.1, -0.05) is 6.07 Å². The van der Waals surface area contributed by atoms with Gasteiger partial charge >= 0.3 is 0 Å². The van der Waals surface area contributed by atoms with Gasteiger partial charge in [0.05, 0.1) is 0 Å². The van der Waals surface area contributed by atoms with Gasteiger partial charge in [0.1, 0.15) is 17.5 Å². The highest BCUT2D eigenvalue weighted by Crippen LogP contribution is 2.29. The van der Waals surface area contributed by atoms with Crippen molar-refractivity contribution in [2.75, 3.05) is 24.3 Å². The van der Waals surface area contributed by atoms with Crippen LogP contribution in [0.5, 0.6) is 0 Å². The second-order valence-electron chi connectivity index (χ2n) is 5.22. The molecule has 1 N–H and O–H groups in total. The van der Waals surface area contributed by atoms with Gasteiger partial charge in [-0.15, -0.1) is 0 Å². The largest absolute Gasteiger partial charge is 0.373 e. The van der Waals surface area contributed by atoms with E-state index >= 15 is 0 Å². The fourth-order valence-electron chi connectivity index (χ4n) is 2.45. The Morgan fingerprint density at radius 2 is 1.55 bits per heavy atom. The lowest BCUT2D eigenvalue weighted by Gasteiger charge is -2.22. The van der Waals surface area contributed by atoms with Crippen LogP contribution >= 0.6 is 0 Å². The van der Waals surface area contributed by atoms with E-state index in [0.29, 0.717) is 0 Å². The van der Waals surface area contributed by atoms with Crippen molar-refractivity contribution >= 4 is 17.3 Å². The average molecular weight is 270 g/mol. The van der Waals surface area contributed by atoms with Crippen molar-refractivity contribution in [3.8, 4) is 0 Å². The number of hydrogen-bond donors (Lipinski definition) is 1. The van der Waals surface area contributed by atoms with Crippen molar-refractivity contribution in [1.29, 1.82) is 0 Å². The summed E-state index contributed by atoms with van der Waals surface area (Å²) in [5.74, 6) is 2.58. The van der Waals surface area contributed by atoms with Gasteiger partial charge in [0, 0.05) is 25.3 Å². The summed E-state index contributed by atoms with van der Waals surface area (Å²) in [6.45, 7) is 8.18. The standard InChI is InChI=1S/C16H22N4/c1-10-7-11(2)9-14(8-10)20(6)16-12(3)15(17-5)18-13(4)19-16/h7-9H,1-6H3,(H,17,18,19). The van der Waals surface area contributed by atoms with Crippen LogP contribution in [0.15, 0.2) is 18.2 Å². The van der Waals surface area contributed by atoms with E-state index in [-0.39, 0.29) is 0 Å². The van der Waals surface area contributed by atoms with Crippen LogP contribution < -0.4 is 10.2 Å². The molecule has 20 heavy (non-hydrogen) atoms. The second kappa shape index (κ2) is 5.49. The van der Waals surface area contributed by atoms with Gasteiger partial charge in [-0.05, 0) is 51.0 Å². The Morgan fingerprint density at radius 1 is 0.950 bits per heavy atom. The van der Waals surface area contributed by atoms with Gasteiger partial charge in [0.15, 0.2) is 0 Å². The summed E-state index contributed by atoms with van der Waals surface area (Å²) in [6.07, 6.45) is 0. The van der Waals surface area contributed by atoms with Crippen molar-refractivity contribution in [2.24, 2.45) is 0 Å². The minimum absolute atomic E-state index is 0.770. The Hall–Kier alpha value is -2.10. The van der Waals surface area contributed by atoms with Crippen LogP contribution in [0.4, 0.5) is 17.3 Å². The molecule has 0 saturated heterocycles. The quantitative estimate of drug-likeness (QED) is 0.926. The van der Waals surface area contributed by atoms with Gasteiger partial charge in [-0.2, -0.15) is 0 Å². The van der Waals surface area contributed by atoms with Crippen LogP contribution in [0.1, 0.15) is 22.5 Å². The van der Waals surface area contributed by atoms with Crippen LogP contribution in [-0.4, -0.2) is 24.1 Å². The summed E-state index contributed by atoms with van der Waals surface area (Å²) in [4.78, 5) is 11.1. The Bertz CT molecular complexity index is 614. The second-order valence-corrected chi connectivity index (χ2v) is 5.22. The predicted octanol–water partition coefficient (Wildman–Crippen LogP) is 3.52. The zero-order valence-corrected chi connectivity index (χ0v) is 13.1. The van der Waals surface area contributed by atoms with Gasteiger partial charge < -0.3 is 10.2 Å². The molecule has 0 aliphatic heterocycles. The highest BCUT2D eigenvalue weighted by molar-refractivity contribution is 5.67. The maximum absolute atomic E-state index is 4.59. The fraction of sp³-hybridized carbons (Fsp3) is 0.375. The van der Waals surface area contributed by atoms with Crippen molar-refractivity contribution < 1.29 is 0 Å². The van der Waals surface area contributed by atoms with Gasteiger partial charge in [0.2, 0.25) is 0 Å². The van der Waals surface area contributed by atoms with E-state index in [2.05, 4.69) is 52.2 Å². The van der Waals surface area contributed by atoms with Crippen LogP contribution in [-0.2, 0) is 0 Å². The smallest absolute Gasteiger partial charge is 0.141 e. The molecule has 0 atom stereocenters.